The quantitative estimate of drug-likeness (QED) is 0.565. The number of anilines is 1. The van der Waals surface area contributed by atoms with E-state index in [1.54, 1.807) is 23.1 Å². The summed E-state index contributed by atoms with van der Waals surface area (Å²) < 4.78 is 3.66. The van der Waals surface area contributed by atoms with Crippen molar-refractivity contribution >= 4 is 23.2 Å². The van der Waals surface area contributed by atoms with E-state index >= 15 is 0 Å². The predicted octanol–water partition coefficient (Wildman–Crippen LogP) is 1.48. The van der Waals surface area contributed by atoms with Crippen LogP contribution >= 0.6 is 11.6 Å². The predicted molar refractivity (Wildman–Crippen MR) is 71.1 cm³/mol. The zero-order valence-corrected chi connectivity index (χ0v) is 10.8. The first-order valence-corrected chi connectivity index (χ1v) is 6.26. The summed E-state index contributed by atoms with van der Waals surface area (Å²) >= 11 is 5.93. The normalized spacial score (nSPS) is 11.0. The third-order valence-corrected chi connectivity index (χ3v) is 2.87. The molecule has 0 spiro atoms. The Morgan fingerprint density at radius 3 is 3.16 bits per heavy atom. The molecule has 3 aromatic rings. The van der Waals surface area contributed by atoms with Gasteiger partial charge in [0.15, 0.2) is 0 Å². The van der Waals surface area contributed by atoms with E-state index in [0.29, 0.717) is 10.9 Å². The molecule has 0 aliphatic rings. The molecule has 3 heterocycles. The maximum atomic E-state index is 5.93. The molecule has 0 amide bonds. The van der Waals surface area contributed by atoms with Crippen LogP contribution in [0.15, 0.2) is 31.1 Å². The van der Waals surface area contributed by atoms with Crippen molar-refractivity contribution in [2.45, 2.75) is 13.0 Å². The molecule has 19 heavy (non-hydrogen) atoms. The van der Waals surface area contributed by atoms with Crippen LogP contribution in [-0.2, 0) is 6.54 Å². The number of hydrogen-bond donors (Lipinski definition) is 1. The van der Waals surface area contributed by atoms with Gasteiger partial charge in [0.25, 0.3) is 5.78 Å². The number of nitrogens with zero attached hydrogens (tertiary/aromatic N) is 6. The number of imidazole rings is 1. The van der Waals surface area contributed by atoms with Gasteiger partial charge >= 0.3 is 0 Å². The Balaban J connectivity index is 1.63. The molecule has 0 aliphatic carbocycles. The topological polar surface area (TPSA) is 72.9 Å². The van der Waals surface area contributed by atoms with E-state index in [4.69, 9.17) is 11.6 Å². The Morgan fingerprint density at radius 1 is 1.37 bits per heavy atom. The average molecular weight is 278 g/mol. The van der Waals surface area contributed by atoms with Crippen LogP contribution in [0, 0.1) is 0 Å². The van der Waals surface area contributed by atoms with E-state index in [2.05, 4.69) is 25.4 Å². The van der Waals surface area contributed by atoms with Gasteiger partial charge in [0.2, 0.25) is 0 Å². The van der Waals surface area contributed by atoms with Crippen molar-refractivity contribution in [3.05, 3.63) is 36.3 Å². The minimum atomic E-state index is 0.401. The number of rotatable bonds is 5. The van der Waals surface area contributed by atoms with E-state index in [9.17, 15) is 0 Å². The summed E-state index contributed by atoms with van der Waals surface area (Å²) in [6.45, 7) is 1.71. The number of aromatic nitrogens is 6. The van der Waals surface area contributed by atoms with Gasteiger partial charge in [0.1, 0.15) is 17.3 Å². The summed E-state index contributed by atoms with van der Waals surface area (Å²) in [4.78, 5) is 12.1. The van der Waals surface area contributed by atoms with E-state index in [1.165, 1.54) is 6.33 Å². The van der Waals surface area contributed by atoms with E-state index in [1.807, 2.05) is 10.8 Å². The fourth-order valence-corrected chi connectivity index (χ4v) is 1.99. The fourth-order valence-electron chi connectivity index (χ4n) is 1.81. The molecule has 7 nitrogen and oxygen atoms in total. The van der Waals surface area contributed by atoms with Crippen LogP contribution in [0.4, 0.5) is 5.82 Å². The molecule has 0 aliphatic heterocycles. The number of hydrogen-bond acceptors (Lipinski definition) is 5. The third kappa shape index (κ3) is 2.65. The molecule has 0 radical (unpaired) electrons. The maximum absolute atomic E-state index is 5.93. The molecule has 0 fully saturated rings. The Hall–Kier alpha value is -2.15. The molecule has 3 rings (SSSR count). The van der Waals surface area contributed by atoms with Gasteiger partial charge in [-0.25, -0.2) is 4.98 Å². The van der Waals surface area contributed by atoms with E-state index in [0.717, 1.165) is 25.3 Å². The molecule has 0 saturated heterocycles. The van der Waals surface area contributed by atoms with E-state index < -0.39 is 0 Å². The van der Waals surface area contributed by atoms with Crippen molar-refractivity contribution in [2.24, 2.45) is 0 Å². The lowest BCUT2D eigenvalue weighted by Gasteiger charge is -2.08. The first kappa shape index (κ1) is 11.9. The summed E-state index contributed by atoms with van der Waals surface area (Å²) in [5.41, 5.74) is 0. The second kappa shape index (κ2) is 5.23. The third-order valence-electron chi connectivity index (χ3n) is 2.68. The minimum absolute atomic E-state index is 0.401. The Bertz CT molecular complexity index is 661. The highest BCUT2D eigenvalue weighted by Gasteiger charge is 2.05. The van der Waals surface area contributed by atoms with Crippen LogP contribution in [0.2, 0.25) is 5.15 Å². The zero-order chi connectivity index (χ0) is 13.1. The molecule has 8 heteroatoms. The summed E-state index contributed by atoms with van der Waals surface area (Å²) in [7, 11) is 0. The van der Waals surface area contributed by atoms with Crippen LogP contribution in [0.1, 0.15) is 6.42 Å². The molecular weight excluding hydrogens is 266 g/mol. The number of halogens is 1. The summed E-state index contributed by atoms with van der Waals surface area (Å²) in [6.07, 6.45) is 7.94. The van der Waals surface area contributed by atoms with E-state index in [-0.39, 0.29) is 0 Å². The van der Waals surface area contributed by atoms with Gasteiger partial charge in [-0.1, -0.05) is 11.6 Å². The van der Waals surface area contributed by atoms with Gasteiger partial charge in [-0.15, -0.1) is 0 Å². The molecule has 0 atom stereocenters. The second-order valence-corrected chi connectivity index (χ2v) is 4.40. The first-order valence-electron chi connectivity index (χ1n) is 5.89. The van der Waals surface area contributed by atoms with Gasteiger partial charge in [-0.2, -0.15) is 19.6 Å². The van der Waals surface area contributed by atoms with Crippen LogP contribution < -0.4 is 5.32 Å². The van der Waals surface area contributed by atoms with Gasteiger partial charge in [0, 0.05) is 31.5 Å². The Kier molecular flexibility index (Phi) is 3.28. The van der Waals surface area contributed by atoms with Crippen molar-refractivity contribution < 1.29 is 0 Å². The van der Waals surface area contributed by atoms with Crippen molar-refractivity contribution in [3.8, 4) is 0 Å². The van der Waals surface area contributed by atoms with Crippen molar-refractivity contribution in [3.63, 3.8) is 0 Å². The first-order chi connectivity index (χ1) is 9.33. The molecule has 0 bridgehead atoms. The molecule has 3 aromatic heterocycles. The highest BCUT2D eigenvalue weighted by molar-refractivity contribution is 6.29. The minimum Gasteiger partial charge on any atom is -0.370 e. The van der Waals surface area contributed by atoms with Crippen LogP contribution in [-0.4, -0.2) is 35.7 Å². The van der Waals surface area contributed by atoms with Gasteiger partial charge in [-0.3, -0.25) is 0 Å². The van der Waals surface area contributed by atoms with Crippen molar-refractivity contribution in [1.82, 2.24) is 29.1 Å². The fraction of sp³-hybridized carbons (Fsp3) is 0.273. The highest BCUT2D eigenvalue weighted by atomic mass is 35.5. The monoisotopic (exact) mass is 277 g/mol. The SMILES string of the molecule is Clc1cc(NCCCn2ccnc2)n2ncnc2n1. The van der Waals surface area contributed by atoms with Crippen molar-refractivity contribution in [2.75, 3.05) is 11.9 Å². The molecular formula is C11H12ClN7. The van der Waals surface area contributed by atoms with Gasteiger partial charge in [0.05, 0.1) is 6.33 Å². The zero-order valence-electron chi connectivity index (χ0n) is 10.1. The average Bonchev–Trinajstić information content (AvgIpc) is 3.04. The largest absolute Gasteiger partial charge is 0.370 e. The lowest BCUT2D eigenvalue weighted by atomic mass is 10.4. The number of nitrogens with one attached hydrogen (secondary N) is 1. The molecule has 0 saturated carbocycles. The molecule has 0 unspecified atom stereocenters. The standard InChI is InChI=1S/C11H12ClN7/c12-9-6-10(19-11(17-9)15-7-16-19)14-2-1-4-18-5-3-13-8-18/h3,5-8,14H,1-2,4H2. The Labute approximate surface area is 114 Å². The van der Waals surface area contributed by atoms with Crippen LogP contribution in [0.5, 0.6) is 0 Å². The second-order valence-electron chi connectivity index (χ2n) is 4.02. The summed E-state index contributed by atoms with van der Waals surface area (Å²) in [5, 5.41) is 7.77. The Morgan fingerprint density at radius 2 is 2.32 bits per heavy atom. The number of fused-ring (bicyclic) bond motifs is 1. The molecule has 98 valence electrons. The molecule has 1 N–H and O–H groups in total. The highest BCUT2D eigenvalue weighted by Crippen LogP contribution is 2.14. The maximum Gasteiger partial charge on any atom is 0.255 e. The molecule has 0 aromatic carbocycles. The summed E-state index contributed by atoms with van der Waals surface area (Å²) in [6, 6.07) is 1.74. The van der Waals surface area contributed by atoms with Gasteiger partial charge < -0.3 is 9.88 Å². The summed E-state index contributed by atoms with van der Waals surface area (Å²) in [5.74, 6) is 1.28. The van der Waals surface area contributed by atoms with Crippen molar-refractivity contribution in [1.29, 1.82) is 0 Å². The van der Waals surface area contributed by atoms with Crippen LogP contribution in [0.3, 0.4) is 0 Å². The van der Waals surface area contributed by atoms with Gasteiger partial charge in [-0.05, 0) is 6.42 Å². The lowest BCUT2D eigenvalue weighted by Crippen LogP contribution is -2.09. The lowest BCUT2D eigenvalue weighted by molar-refractivity contribution is 0.659. The van der Waals surface area contributed by atoms with Crippen LogP contribution in [0.25, 0.3) is 5.78 Å². The smallest absolute Gasteiger partial charge is 0.255 e. The number of aryl methyl sites for hydroxylation is 1.